The number of fused-ring (bicyclic) bond motifs is 2. The van der Waals surface area contributed by atoms with E-state index in [0.29, 0.717) is 11.2 Å². The second kappa shape index (κ2) is 7.54. The van der Waals surface area contributed by atoms with E-state index in [-0.39, 0.29) is 23.7 Å². The van der Waals surface area contributed by atoms with Crippen molar-refractivity contribution in [3.63, 3.8) is 0 Å². The highest BCUT2D eigenvalue weighted by molar-refractivity contribution is 5.92. The summed E-state index contributed by atoms with van der Waals surface area (Å²) in [5.41, 5.74) is 4.09. The average Bonchev–Trinajstić information content (AvgIpc) is 2.68. The molecule has 3 aromatic rings. The zero-order valence-electron chi connectivity index (χ0n) is 16.0. The molecule has 6 heteroatoms. The maximum atomic E-state index is 13.7. The minimum absolute atomic E-state index is 0.0261. The molecule has 28 heavy (non-hydrogen) atoms. The van der Waals surface area contributed by atoms with E-state index in [0.717, 1.165) is 30.5 Å². The van der Waals surface area contributed by atoms with Crippen LogP contribution >= 0.6 is 0 Å². The first-order valence-electron chi connectivity index (χ1n) is 9.59. The number of aromatic nitrogens is 2. The lowest BCUT2D eigenvalue weighted by atomic mass is 9.88. The standard InChI is InChI=1S/C22H23FN4O/c1-13(2)22(28)27-18-7-4-14-9-17(6-3-15(14)10-18)26-21-19-11-16(23)5-8-20(19)24-12-25-21/h4-5,7-8,10-13,17H,3,6,9H2,1-2H3,(H,27,28)(H,24,25,26). The van der Waals surface area contributed by atoms with Crippen LogP contribution in [0.25, 0.3) is 10.9 Å². The molecule has 1 atom stereocenters. The first kappa shape index (κ1) is 18.3. The minimum Gasteiger partial charge on any atom is -0.366 e. The Balaban J connectivity index is 1.51. The van der Waals surface area contributed by atoms with Gasteiger partial charge in [0.15, 0.2) is 0 Å². The predicted octanol–water partition coefficient (Wildman–Crippen LogP) is 4.33. The van der Waals surface area contributed by atoms with Crippen LogP contribution in [0.3, 0.4) is 0 Å². The van der Waals surface area contributed by atoms with Crippen LogP contribution in [-0.2, 0) is 17.6 Å². The number of halogens is 1. The summed E-state index contributed by atoms with van der Waals surface area (Å²) in [6.45, 7) is 3.76. The summed E-state index contributed by atoms with van der Waals surface area (Å²) in [5, 5.41) is 7.12. The van der Waals surface area contributed by atoms with Crippen molar-refractivity contribution in [2.24, 2.45) is 5.92 Å². The van der Waals surface area contributed by atoms with Crippen LogP contribution in [0.5, 0.6) is 0 Å². The fourth-order valence-corrected chi connectivity index (χ4v) is 3.58. The largest absolute Gasteiger partial charge is 0.366 e. The van der Waals surface area contributed by atoms with Gasteiger partial charge in [0, 0.05) is 23.0 Å². The molecule has 2 N–H and O–H groups in total. The van der Waals surface area contributed by atoms with E-state index in [4.69, 9.17) is 0 Å². The number of anilines is 2. The zero-order valence-corrected chi connectivity index (χ0v) is 16.0. The molecule has 0 saturated heterocycles. The highest BCUT2D eigenvalue weighted by atomic mass is 19.1. The molecule has 1 amide bonds. The fourth-order valence-electron chi connectivity index (χ4n) is 3.58. The van der Waals surface area contributed by atoms with Crippen molar-refractivity contribution in [3.8, 4) is 0 Å². The van der Waals surface area contributed by atoms with Gasteiger partial charge in [0.05, 0.1) is 5.52 Å². The SMILES string of the molecule is CC(C)C(=O)Nc1ccc2c(c1)CCC(Nc1ncnc3ccc(F)cc13)C2. The monoisotopic (exact) mass is 378 g/mol. The molecule has 144 valence electrons. The lowest BCUT2D eigenvalue weighted by Crippen LogP contribution is -2.28. The van der Waals surface area contributed by atoms with Gasteiger partial charge in [-0.05, 0) is 60.7 Å². The number of carbonyl (C=O) groups is 1. The van der Waals surface area contributed by atoms with Crippen LogP contribution in [0.2, 0.25) is 0 Å². The molecule has 1 unspecified atom stereocenters. The number of rotatable bonds is 4. The van der Waals surface area contributed by atoms with Gasteiger partial charge in [-0.25, -0.2) is 14.4 Å². The normalized spacial score (nSPS) is 16.1. The highest BCUT2D eigenvalue weighted by Gasteiger charge is 2.20. The number of hydrogen-bond donors (Lipinski definition) is 2. The Kier molecular flexibility index (Phi) is 4.94. The Hall–Kier alpha value is -3.02. The minimum atomic E-state index is -0.296. The summed E-state index contributed by atoms with van der Waals surface area (Å²) >= 11 is 0. The molecular weight excluding hydrogens is 355 g/mol. The van der Waals surface area contributed by atoms with Gasteiger partial charge in [-0.3, -0.25) is 4.79 Å². The van der Waals surface area contributed by atoms with Crippen molar-refractivity contribution < 1.29 is 9.18 Å². The fraction of sp³-hybridized carbons (Fsp3) is 0.318. The second-order valence-corrected chi connectivity index (χ2v) is 7.60. The summed E-state index contributed by atoms with van der Waals surface area (Å²) in [6, 6.07) is 10.9. The topological polar surface area (TPSA) is 66.9 Å². The van der Waals surface area contributed by atoms with Crippen LogP contribution < -0.4 is 10.6 Å². The van der Waals surface area contributed by atoms with E-state index in [1.54, 1.807) is 6.07 Å². The van der Waals surface area contributed by atoms with Gasteiger partial charge in [-0.1, -0.05) is 19.9 Å². The Labute approximate surface area is 163 Å². The molecule has 0 spiro atoms. The highest BCUT2D eigenvalue weighted by Crippen LogP contribution is 2.28. The molecule has 5 nitrogen and oxygen atoms in total. The van der Waals surface area contributed by atoms with Crippen molar-refractivity contribution in [1.29, 1.82) is 0 Å². The predicted molar refractivity (Wildman–Crippen MR) is 109 cm³/mol. The summed E-state index contributed by atoms with van der Waals surface area (Å²) in [4.78, 5) is 20.4. The van der Waals surface area contributed by atoms with Gasteiger partial charge >= 0.3 is 0 Å². The van der Waals surface area contributed by atoms with Gasteiger partial charge in [0.2, 0.25) is 5.91 Å². The number of nitrogens with one attached hydrogen (secondary N) is 2. The van der Waals surface area contributed by atoms with Crippen LogP contribution in [-0.4, -0.2) is 21.9 Å². The zero-order chi connectivity index (χ0) is 19.7. The number of aryl methyl sites for hydroxylation is 1. The lowest BCUT2D eigenvalue weighted by molar-refractivity contribution is -0.118. The average molecular weight is 378 g/mol. The van der Waals surface area contributed by atoms with E-state index >= 15 is 0 Å². The molecule has 0 fully saturated rings. The quantitative estimate of drug-likeness (QED) is 0.709. The van der Waals surface area contributed by atoms with Crippen LogP contribution in [0, 0.1) is 11.7 Å². The number of nitrogens with zero attached hydrogens (tertiary/aromatic N) is 2. The number of benzene rings is 2. The smallest absolute Gasteiger partial charge is 0.226 e. The van der Waals surface area contributed by atoms with E-state index in [1.807, 2.05) is 19.9 Å². The van der Waals surface area contributed by atoms with Crippen molar-refractivity contribution in [2.45, 2.75) is 39.2 Å². The molecule has 1 aromatic heterocycles. The third-order valence-corrected chi connectivity index (χ3v) is 5.16. The summed E-state index contributed by atoms with van der Waals surface area (Å²) < 4.78 is 13.7. The lowest BCUT2D eigenvalue weighted by Gasteiger charge is -2.27. The number of carbonyl (C=O) groups excluding carboxylic acids is 1. The van der Waals surface area contributed by atoms with Crippen molar-refractivity contribution in [3.05, 3.63) is 59.7 Å². The van der Waals surface area contributed by atoms with Crippen molar-refractivity contribution in [2.75, 3.05) is 10.6 Å². The molecule has 0 aliphatic heterocycles. The molecule has 1 aliphatic carbocycles. The van der Waals surface area contributed by atoms with E-state index in [2.05, 4.69) is 32.7 Å². The first-order valence-corrected chi connectivity index (χ1v) is 9.59. The van der Waals surface area contributed by atoms with Gasteiger partial charge in [0.25, 0.3) is 0 Å². The van der Waals surface area contributed by atoms with Crippen molar-refractivity contribution in [1.82, 2.24) is 9.97 Å². The van der Waals surface area contributed by atoms with Crippen LogP contribution in [0.4, 0.5) is 15.9 Å². The molecule has 2 aromatic carbocycles. The molecule has 1 aliphatic rings. The van der Waals surface area contributed by atoms with Gasteiger partial charge in [-0.15, -0.1) is 0 Å². The van der Waals surface area contributed by atoms with Gasteiger partial charge in [0.1, 0.15) is 18.0 Å². The van der Waals surface area contributed by atoms with Crippen LogP contribution in [0.1, 0.15) is 31.4 Å². The van der Waals surface area contributed by atoms with Crippen LogP contribution in [0.15, 0.2) is 42.7 Å². The Morgan fingerprint density at radius 1 is 1.14 bits per heavy atom. The molecule has 4 rings (SSSR count). The molecular formula is C22H23FN4O. The number of hydrogen-bond acceptors (Lipinski definition) is 4. The molecule has 1 heterocycles. The molecule has 0 saturated carbocycles. The summed E-state index contributed by atoms with van der Waals surface area (Å²) in [7, 11) is 0. The van der Waals surface area contributed by atoms with Gasteiger partial charge < -0.3 is 10.6 Å². The Morgan fingerprint density at radius 3 is 2.82 bits per heavy atom. The summed E-state index contributed by atoms with van der Waals surface area (Å²) in [5.74, 6) is 0.351. The molecule has 0 radical (unpaired) electrons. The summed E-state index contributed by atoms with van der Waals surface area (Å²) in [6.07, 6.45) is 4.21. The second-order valence-electron chi connectivity index (χ2n) is 7.60. The van der Waals surface area contributed by atoms with E-state index < -0.39 is 0 Å². The maximum Gasteiger partial charge on any atom is 0.226 e. The Morgan fingerprint density at radius 2 is 2.00 bits per heavy atom. The number of amides is 1. The first-order chi connectivity index (χ1) is 13.5. The van der Waals surface area contributed by atoms with E-state index in [9.17, 15) is 9.18 Å². The Bertz CT molecular complexity index is 1030. The van der Waals surface area contributed by atoms with E-state index in [1.165, 1.54) is 29.6 Å². The van der Waals surface area contributed by atoms with Crippen molar-refractivity contribution >= 4 is 28.3 Å². The molecule has 0 bridgehead atoms. The maximum absolute atomic E-state index is 13.7. The third-order valence-electron chi connectivity index (χ3n) is 5.16. The van der Waals surface area contributed by atoms with Gasteiger partial charge in [-0.2, -0.15) is 0 Å². The third kappa shape index (κ3) is 3.81.